The van der Waals surface area contributed by atoms with E-state index in [1.165, 1.54) is 0 Å². The van der Waals surface area contributed by atoms with Gasteiger partial charge in [0.05, 0.1) is 5.56 Å². The van der Waals surface area contributed by atoms with Crippen LogP contribution in [0.4, 0.5) is 0 Å². The van der Waals surface area contributed by atoms with Gasteiger partial charge in [-0.3, -0.25) is 0 Å². The molecule has 0 spiro atoms. The maximum absolute atomic E-state index is 9.54. The Labute approximate surface area is 160 Å². The molecular weight excluding hydrogens is 358 g/mol. The van der Waals surface area contributed by atoms with Crippen LogP contribution in [0, 0.1) is 0 Å². The van der Waals surface area contributed by atoms with E-state index in [4.69, 9.17) is 9.26 Å². The standard InChI is InChI=1S/C22H17NO5/c24-16-5-1-14(2-6-16)21-20(13-27-19-11-9-18(26)10-12-19)22(28-23-21)15-3-7-17(25)8-4-15/h1-12,24-26H,13H2. The molecule has 0 aliphatic rings. The Morgan fingerprint density at radius 3 is 1.75 bits per heavy atom. The molecule has 6 heteroatoms. The molecule has 0 fully saturated rings. The minimum Gasteiger partial charge on any atom is -0.508 e. The maximum Gasteiger partial charge on any atom is 0.174 e. The molecular formula is C22H17NO5. The Morgan fingerprint density at radius 2 is 1.18 bits per heavy atom. The first-order chi connectivity index (χ1) is 13.6. The van der Waals surface area contributed by atoms with Crippen LogP contribution < -0.4 is 4.74 Å². The van der Waals surface area contributed by atoms with Crippen LogP contribution in [0.15, 0.2) is 77.3 Å². The van der Waals surface area contributed by atoms with Crippen LogP contribution in [0.3, 0.4) is 0 Å². The van der Waals surface area contributed by atoms with Gasteiger partial charge < -0.3 is 24.6 Å². The number of hydrogen-bond acceptors (Lipinski definition) is 6. The predicted molar refractivity (Wildman–Crippen MR) is 103 cm³/mol. The van der Waals surface area contributed by atoms with E-state index >= 15 is 0 Å². The van der Waals surface area contributed by atoms with Gasteiger partial charge in [-0.25, -0.2) is 0 Å². The predicted octanol–water partition coefficient (Wildman–Crippen LogP) is 4.70. The average Bonchev–Trinajstić information content (AvgIpc) is 3.12. The number of nitrogens with zero attached hydrogens (tertiary/aromatic N) is 1. The van der Waals surface area contributed by atoms with Crippen molar-refractivity contribution in [1.82, 2.24) is 5.16 Å². The summed E-state index contributed by atoms with van der Waals surface area (Å²) in [6.45, 7) is 0.181. The van der Waals surface area contributed by atoms with Crippen LogP contribution in [-0.4, -0.2) is 20.5 Å². The molecule has 140 valence electrons. The number of hydrogen-bond donors (Lipinski definition) is 3. The van der Waals surface area contributed by atoms with Gasteiger partial charge in [0.1, 0.15) is 35.3 Å². The van der Waals surface area contributed by atoms with Crippen LogP contribution in [0.1, 0.15) is 5.56 Å². The molecule has 3 N–H and O–H groups in total. The highest BCUT2D eigenvalue weighted by molar-refractivity contribution is 5.73. The molecule has 0 unspecified atom stereocenters. The van der Waals surface area contributed by atoms with Crippen molar-refractivity contribution in [3.8, 4) is 45.6 Å². The van der Waals surface area contributed by atoms with Crippen LogP contribution in [0.5, 0.6) is 23.0 Å². The van der Waals surface area contributed by atoms with E-state index in [0.717, 1.165) is 16.7 Å². The van der Waals surface area contributed by atoms with Gasteiger partial charge in [0.15, 0.2) is 5.76 Å². The summed E-state index contributed by atoms with van der Waals surface area (Å²) in [5, 5.41) is 32.7. The summed E-state index contributed by atoms with van der Waals surface area (Å²) in [5.74, 6) is 1.60. The molecule has 28 heavy (non-hydrogen) atoms. The molecule has 6 nitrogen and oxygen atoms in total. The lowest BCUT2D eigenvalue weighted by Gasteiger charge is -2.08. The van der Waals surface area contributed by atoms with Gasteiger partial charge in [0.25, 0.3) is 0 Å². The summed E-state index contributed by atoms with van der Waals surface area (Å²) in [6.07, 6.45) is 0. The van der Waals surface area contributed by atoms with Crippen molar-refractivity contribution < 1.29 is 24.6 Å². The first-order valence-corrected chi connectivity index (χ1v) is 8.59. The SMILES string of the molecule is Oc1ccc(OCc2c(-c3ccc(O)cc3)noc2-c2ccc(O)cc2)cc1. The van der Waals surface area contributed by atoms with Gasteiger partial charge in [0.2, 0.25) is 0 Å². The second-order valence-corrected chi connectivity index (χ2v) is 6.22. The first kappa shape index (κ1) is 17.5. The number of aromatic hydroxyl groups is 3. The first-order valence-electron chi connectivity index (χ1n) is 8.59. The van der Waals surface area contributed by atoms with Crippen molar-refractivity contribution in [2.24, 2.45) is 0 Å². The number of benzene rings is 3. The van der Waals surface area contributed by atoms with E-state index in [9.17, 15) is 15.3 Å². The van der Waals surface area contributed by atoms with Crippen molar-refractivity contribution >= 4 is 0 Å². The van der Waals surface area contributed by atoms with Crippen LogP contribution in [0.2, 0.25) is 0 Å². The Balaban J connectivity index is 1.72. The third kappa shape index (κ3) is 3.61. The molecule has 1 heterocycles. The molecule has 0 radical (unpaired) electrons. The van der Waals surface area contributed by atoms with Gasteiger partial charge in [-0.1, -0.05) is 5.16 Å². The third-order valence-corrected chi connectivity index (χ3v) is 4.28. The molecule has 0 aliphatic heterocycles. The maximum atomic E-state index is 9.54. The van der Waals surface area contributed by atoms with Crippen molar-refractivity contribution in [3.63, 3.8) is 0 Å². The molecule has 0 bridgehead atoms. The zero-order valence-corrected chi connectivity index (χ0v) is 14.7. The summed E-state index contributed by atoms with van der Waals surface area (Å²) in [4.78, 5) is 0. The van der Waals surface area contributed by atoms with E-state index in [-0.39, 0.29) is 23.9 Å². The summed E-state index contributed by atoms with van der Waals surface area (Å²) in [7, 11) is 0. The summed E-state index contributed by atoms with van der Waals surface area (Å²) in [6, 6.07) is 19.7. The largest absolute Gasteiger partial charge is 0.508 e. The number of rotatable bonds is 5. The molecule has 0 atom stereocenters. The Kier molecular flexibility index (Phi) is 4.60. The van der Waals surface area contributed by atoms with Crippen molar-refractivity contribution in [2.45, 2.75) is 6.61 Å². The molecule has 0 saturated heterocycles. The Hall–Kier alpha value is -3.93. The lowest BCUT2D eigenvalue weighted by atomic mass is 10.0. The Morgan fingerprint density at radius 1 is 0.679 bits per heavy atom. The number of aromatic nitrogens is 1. The fraction of sp³-hybridized carbons (Fsp3) is 0.0455. The van der Waals surface area contributed by atoms with Crippen molar-refractivity contribution in [3.05, 3.63) is 78.4 Å². The smallest absolute Gasteiger partial charge is 0.174 e. The molecule has 3 aromatic carbocycles. The number of ether oxygens (including phenoxy) is 1. The highest BCUT2D eigenvalue weighted by Gasteiger charge is 2.20. The summed E-state index contributed by atoms with van der Waals surface area (Å²) >= 11 is 0. The molecule has 1 aromatic heterocycles. The van der Waals surface area contributed by atoms with Gasteiger partial charge in [-0.15, -0.1) is 0 Å². The lowest BCUT2D eigenvalue weighted by Crippen LogP contribution is -1.98. The quantitative estimate of drug-likeness (QED) is 0.468. The average molecular weight is 375 g/mol. The monoisotopic (exact) mass is 375 g/mol. The summed E-state index contributed by atoms with van der Waals surface area (Å²) < 4.78 is 11.5. The molecule has 4 aromatic rings. The van der Waals surface area contributed by atoms with Crippen molar-refractivity contribution in [1.29, 1.82) is 0 Å². The minimum absolute atomic E-state index is 0.156. The number of phenols is 3. The van der Waals surface area contributed by atoms with Gasteiger partial charge in [-0.2, -0.15) is 0 Å². The topological polar surface area (TPSA) is 96.0 Å². The van der Waals surface area contributed by atoms with E-state index in [1.54, 1.807) is 72.8 Å². The van der Waals surface area contributed by atoms with E-state index in [0.29, 0.717) is 17.2 Å². The molecule has 4 rings (SSSR count). The normalized spacial score (nSPS) is 10.7. The zero-order chi connectivity index (χ0) is 19.5. The van der Waals surface area contributed by atoms with Crippen LogP contribution >= 0.6 is 0 Å². The van der Waals surface area contributed by atoms with Gasteiger partial charge in [-0.05, 0) is 72.8 Å². The van der Waals surface area contributed by atoms with Crippen molar-refractivity contribution in [2.75, 3.05) is 0 Å². The number of phenolic OH excluding ortho intramolecular Hbond substituents is 3. The molecule has 0 saturated carbocycles. The fourth-order valence-corrected chi connectivity index (χ4v) is 2.83. The second-order valence-electron chi connectivity index (χ2n) is 6.22. The molecule has 0 amide bonds. The van der Waals surface area contributed by atoms with Gasteiger partial charge in [0, 0.05) is 11.1 Å². The zero-order valence-electron chi connectivity index (χ0n) is 14.7. The minimum atomic E-state index is 0.156. The fourth-order valence-electron chi connectivity index (χ4n) is 2.83. The lowest BCUT2D eigenvalue weighted by molar-refractivity contribution is 0.305. The van der Waals surface area contributed by atoms with E-state index < -0.39 is 0 Å². The summed E-state index contributed by atoms with van der Waals surface area (Å²) in [5.41, 5.74) is 2.85. The Bertz CT molecular complexity index is 1000. The third-order valence-electron chi connectivity index (χ3n) is 4.28. The molecule has 0 aliphatic carbocycles. The highest BCUT2D eigenvalue weighted by Crippen LogP contribution is 2.34. The van der Waals surface area contributed by atoms with E-state index in [2.05, 4.69) is 5.16 Å². The second kappa shape index (κ2) is 7.36. The van der Waals surface area contributed by atoms with E-state index in [1.807, 2.05) is 0 Å². The highest BCUT2D eigenvalue weighted by atomic mass is 16.5. The van der Waals surface area contributed by atoms with Crippen LogP contribution in [0.25, 0.3) is 22.6 Å². The van der Waals surface area contributed by atoms with Gasteiger partial charge >= 0.3 is 0 Å². The van der Waals surface area contributed by atoms with Crippen LogP contribution in [-0.2, 0) is 6.61 Å².